The number of hydrogen-bond acceptors (Lipinski definition) is 4. The van der Waals surface area contributed by atoms with Crippen LogP contribution in [0.5, 0.6) is 0 Å². The molecular weight excluding hydrogens is 412 g/mol. The molecule has 2 aliphatic carbocycles. The second-order valence-corrected chi connectivity index (χ2v) is 9.38. The first kappa shape index (κ1) is 21.1. The Hall–Kier alpha value is -2.50. The molecule has 4 nitrogen and oxygen atoms in total. The molecule has 4 heteroatoms. The predicted octanol–water partition coefficient (Wildman–Crippen LogP) is 5.13. The lowest BCUT2D eigenvalue weighted by Crippen LogP contribution is -2.61. The van der Waals surface area contributed by atoms with Crippen LogP contribution in [-0.2, 0) is 25.4 Å². The summed E-state index contributed by atoms with van der Waals surface area (Å²) in [5, 5.41) is 0. The van der Waals surface area contributed by atoms with Crippen LogP contribution in [0.15, 0.2) is 84.9 Å². The van der Waals surface area contributed by atoms with E-state index >= 15 is 0 Å². The highest BCUT2D eigenvalue weighted by Gasteiger charge is 2.60. The van der Waals surface area contributed by atoms with Gasteiger partial charge < -0.3 is 18.9 Å². The topological polar surface area (TPSA) is 36.9 Å². The molecule has 170 valence electrons. The second kappa shape index (κ2) is 8.69. The number of benzene rings is 3. The van der Waals surface area contributed by atoms with Gasteiger partial charge in [-0.3, -0.25) is 0 Å². The lowest BCUT2D eigenvalue weighted by atomic mass is 9.58. The normalized spacial score (nSPS) is 34.8. The van der Waals surface area contributed by atoms with E-state index in [0.29, 0.717) is 0 Å². The van der Waals surface area contributed by atoms with Gasteiger partial charge in [0.25, 0.3) is 0 Å². The van der Waals surface area contributed by atoms with Crippen LogP contribution in [0, 0.1) is 11.8 Å². The molecule has 1 aliphatic heterocycles. The van der Waals surface area contributed by atoms with Crippen molar-refractivity contribution in [2.75, 3.05) is 14.2 Å². The maximum absolute atomic E-state index is 6.58. The van der Waals surface area contributed by atoms with Crippen LogP contribution >= 0.6 is 0 Å². The lowest BCUT2D eigenvalue weighted by molar-refractivity contribution is -0.164. The van der Waals surface area contributed by atoms with E-state index in [4.69, 9.17) is 18.9 Å². The van der Waals surface area contributed by atoms with Crippen LogP contribution in [0.25, 0.3) is 0 Å². The third-order valence-corrected chi connectivity index (χ3v) is 7.83. The molecule has 3 aromatic rings. The van der Waals surface area contributed by atoms with Crippen LogP contribution in [-0.4, -0.2) is 38.6 Å². The van der Waals surface area contributed by atoms with Crippen molar-refractivity contribution in [3.05, 3.63) is 107 Å². The molecule has 3 aromatic carbocycles. The summed E-state index contributed by atoms with van der Waals surface area (Å²) >= 11 is 0. The van der Waals surface area contributed by atoms with Crippen molar-refractivity contribution in [3.8, 4) is 0 Å². The molecule has 0 aromatic heterocycles. The first-order valence-electron chi connectivity index (χ1n) is 11.8. The molecule has 0 radical (unpaired) electrons. The zero-order chi connectivity index (χ0) is 22.4. The Bertz CT molecular complexity index is 1090. The minimum atomic E-state index is -0.408. The summed E-state index contributed by atoms with van der Waals surface area (Å²) in [6.07, 6.45) is 0.00835. The van der Waals surface area contributed by atoms with E-state index in [1.165, 1.54) is 16.7 Å². The van der Waals surface area contributed by atoms with E-state index in [-0.39, 0.29) is 42.2 Å². The van der Waals surface area contributed by atoms with Gasteiger partial charge in [0.2, 0.25) is 0 Å². The molecule has 2 fully saturated rings. The highest BCUT2D eigenvalue weighted by Crippen LogP contribution is 2.54. The summed E-state index contributed by atoms with van der Waals surface area (Å²) in [5.74, 6) is 0.695. The van der Waals surface area contributed by atoms with Gasteiger partial charge >= 0.3 is 0 Å². The van der Waals surface area contributed by atoms with Gasteiger partial charge in [0.15, 0.2) is 6.29 Å². The Kier molecular flexibility index (Phi) is 5.55. The van der Waals surface area contributed by atoms with Crippen molar-refractivity contribution in [1.82, 2.24) is 0 Å². The molecule has 1 saturated heterocycles. The molecule has 0 spiro atoms. The van der Waals surface area contributed by atoms with E-state index in [0.717, 1.165) is 12.0 Å². The van der Waals surface area contributed by atoms with Gasteiger partial charge in [-0.2, -0.15) is 0 Å². The number of hydrogen-bond donors (Lipinski definition) is 0. The van der Waals surface area contributed by atoms with Gasteiger partial charge in [0.1, 0.15) is 12.2 Å². The molecule has 1 heterocycles. The lowest BCUT2D eigenvalue weighted by Gasteiger charge is -2.52. The number of rotatable bonds is 4. The minimum Gasteiger partial charge on any atom is -0.378 e. The average Bonchev–Trinajstić information content (AvgIpc) is 3.32. The highest BCUT2D eigenvalue weighted by molar-refractivity contribution is 5.43. The summed E-state index contributed by atoms with van der Waals surface area (Å²) in [4.78, 5) is 0. The van der Waals surface area contributed by atoms with Crippen LogP contribution in [0.1, 0.15) is 34.5 Å². The van der Waals surface area contributed by atoms with Crippen molar-refractivity contribution in [1.29, 1.82) is 0 Å². The van der Waals surface area contributed by atoms with Crippen molar-refractivity contribution < 1.29 is 18.9 Å². The SMILES string of the molecule is CO[C@@H]1C2Cc3ccccc3C(c3ccccc3)C2[C@H](OC)[C@H]2O[C@@H](c3ccccc3)O[C@H]21. The van der Waals surface area contributed by atoms with Crippen molar-refractivity contribution >= 4 is 0 Å². The third kappa shape index (κ3) is 3.44. The zero-order valence-electron chi connectivity index (χ0n) is 19.0. The van der Waals surface area contributed by atoms with E-state index in [9.17, 15) is 0 Å². The molecular formula is C29H30O4. The number of fused-ring (bicyclic) bond motifs is 3. The molecule has 3 aliphatic rings. The van der Waals surface area contributed by atoms with Gasteiger partial charge in [-0.05, 0) is 29.0 Å². The van der Waals surface area contributed by atoms with Crippen molar-refractivity contribution in [2.24, 2.45) is 11.8 Å². The Morgan fingerprint density at radius 2 is 1.24 bits per heavy atom. The Morgan fingerprint density at radius 1 is 0.667 bits per heavy atom. The van der Waals surface area contributed by atoms with Crippen LogP contribution in [0.2, 0.25) is 0 Å². The van der Waals surface area contributed by atoms with Crippen LogP contribution in [0.4, 0.5) is 0 Å². The smallest absolute Gasteiger partial charge is 0.184 e. The maximum Gasteiger partial charge on any atom is 0.184 e. The summed E-state index contributed by atoms with van der Waals surface area (Å²) in [6, 6.07) is 29.8. The first-order valence-corrected chi connectivity index (χ1v) is 11.8. The molecule has 1 saturated carbocycles. The van der Waals surface area contributed by atoms with Crippen LogP contribution in [0.3, 0.4) is 0 Å². The fraction of sp³-hybridized carbons (Fsp3) is 0.379. The zero-order valence-corrected chi connectivity index (χ0v) is 19.0. The standard InChI is InChI=1S/C29H30O4/c1-30-25-22-17-20-15-9-10-16-21(20)23(18-11-5-3-6-12-18)24(22)26(31-2)28-27(25)32-29(33-28)19-13-7-4-8-14-19/h3-16,22-29H,17H2,1-2H3/t22?,23?,24?,25-,26+,27+,28-,29+/m1/s1. The largest absolute Gasteiger partial charge is 0.378 e. The predicted molar refractivity (Wildman–Crippen MR) is 126 cm³/mol. The Labute approximate surface area is 195 Å². The molecule has 0 bridgehead atoms. The Balaban J connectivity index is 1.45. The molecule has 33 heavy (non-hydrogen) atoms. The fourth-order valence-electron chi connectivity index (χ4n) is 6.53. The molecule has 0 amide bonds. The highest BCUT2D eigenvalue weighted by atomic mass is 16.7. The van der Waals surface area contributed by atoms with E-state index in [1.807, 2.05) is 32.4 Å². The first-order chi connectivity index (χ1) is 16.3. The summed E-state index contributed by atoms with van der Waals surface area (Å²) in [7, 11) is 3.62. The third-order valence-electron chi connectivity index (χ3n) is 7.83. The average molecular weight is 443 g/mol. The fourth-order valence-corrected chi connectivity index (χ4v) is 6.53. The van der Waals surface area contributed by atoms with Crippen LogP contribution < -0.4 is 0 Å². The maximum atomic E-state index is 6.58. The van der Waals surface area contributed by atoms with E-state index in [2.05, 4.69) is 66.7 Å². The van der Waals surface area contributed by atoms with Gasteiger partial charge in [0, 0.05) is 31.6 Å². The van der Waals surface area contributed by atoms with Crippen molar-refractivity contribution in [3.63, 3.8) is 0 Å². The molecule has 6 rings (SSSR count). The quantitative estimate of drug-likeness (QED) is 0.561. The van der Waals surface area contributed by atoms with Gasteiger partial charge in [-0.15, -0.1) is 0 Å². The molecule has 0 N–H and O–H groups in total. The Morgan fingerprint density at radius 3 is 1.91 bits per heavy atom. The van der Waals surface area contributed by atoms with Gasteiger partial charge in [0.05, 0.1) is 12.2 Å². The second-order valence-electron chi connectivity index (χ2n) is 9.38. The van der Waals surface area contributed by atoms with Crippen molar-refractivity contribution in [2.45, 2.75) is 43.0 Å². The van der Waals surface area contributed by atoms with E-state index in [1.54, 1.807) is 0 Å². The summed E-state index contributed by atoms with van der Waals surface area (Å²) in [5.41, 5.74) is 5.12. The minimum absolute atomic E-state index is 0.0697. The number of ether oxygens (including phenoxy) is 4. The van der Waals surface area contributed by atoms with Gasteiger partial charge in [-0.1, -0.05) is 84.9 Å². The summed E-state index contributed by atoms with van der Waals surface area (Å²) < 4.78 is 25.6. The number of methoxy groups -OCH3 is 2. The summed E-state index contributed by atoms with van der Waals surface area (Å²) in [6.45, 7) is 0. The molecule has 3 unspecified atom stereocenters. The molecule has 8 atom stereocenters. The monoisotopic (exact) mass is 442 g/mol. The van der Waals surface area contributed by atoms with Gasteiger partial charge in [-0.25, -0.2) is 0 Å². The van der Waals surface area contributed by atoms with E-state index < -0.39 is 6.29 Å².